The summed E-state index contributed by atoms with van der Waals surface area (Å²) in [6.07, 6.45) is 5.66. The van der Waals surface area contributed by atoms with Gasteiger partial charge in [0.05, 0.1) is 5.69 Å². The number of anilines is 2. The van der Waals surface area contributed by atoms with Crippen molar-refractivity contribution in [2.24, 2.45) is 0 Å². The molecule has 2 aromatic heterocycles. The van der Waals surface area contributed by atoms with Crippen LogP contribution >= 0.6 is 0 Å². The largest absolute Gasteiger partial charge is 0.367 e. The number of aryl methyl sites for hydroxylation is 1. The molecule has 0 saturated carbocycles. The summed E-state index contributed by atoms with van der Waals surface area (Å²) in [5.74, 6) is 2.66. The second kappa shape index (κ2) is 7.53. The van der Waals surface area contributed by atoms with Crippen molar-refractivity contribution in [3.05, 3.63) is 36.2 Å². The number of hydrogen-bond donors (Lipinski definition) is 1. The van der Waals surface area contributed by atoms with Crippen LogP contribution in [0.5, 0.6) is 0 Å². The summed E-state index contributed by atoms with van der Waals surface area (Å²) in [4.78, 5) is 21.7. The highest BCUT2D eigenvalue weighted by Crippen LogP contribution is 2.18. The van der Waals surface area contributed by atoms with E-state index in [1.54, 1.807) is 6.33 Å². The number of likely N-dealkylation sites (tertiary alicyclic amines) is 1. The third kappa shape index (κ3) is 4.38. The summed E-state index contributed by atoms with van der Waals surface area (Å²) in [5, 5.41) is 3.54. The maximum absolute atomic E-state index is 4.49. The summed E-state index contributed by atoms with van der Waals surface area (Å²) < 4.78 is 0. The Labute approximate surface area is 143 Å². The number of hydrogen-bond acceptors (Lipinski definition) is 7. The van der Waals surface area contributed by atoms with Gasteiger partial charge < -0.3 is 10.2 Å². The molecule has 0 bridgehead atoms. The van der Waals surface area contributed by atoms with Crippen molar-refractivity contribution in [2.75, 3.05) is 37.4 Å². The van der Waals surface area contributed by atoms with E-state index in [1.165, 1.54) is 0 Å². The SMILES string of the molecule is Cc1nccc(CN2CCC(Nc3cc(N(C)C)ncn3)CC2)n1. The van der Waals surface area contributed by atoms with Crippen LogP contribution in [0.4, 0.5) is 11.6 Å². The van der Waals surface area contributed by atoms with Crippen LogP contribution in [0.2, 0.25) is 0 Å². The first kappa shape index (κ1) is 16.6. The van der Waals surface area contributed by atoms with Crippen LogP contribution < -0.4 is 10.2 Å². The Hall–Kier alpha value is -2.28. The Morgan fingerprint density at radius 1 is 1.21 bits per heavy atom. The molecule has 24 heavy (non-hydrogen) atoms. The monoisotopic (exact) mass is 327 g/mol. The zero-order chi connectivity index (χ0) is 16.9. The smallest absolute Gasteiger partial charge is 0.133 e. The Balaban J connectivity index is 1.51. The van der Waals surface area contributed by atoms with Gasteiger partial charge in [-0.3, -0.25) is 4.90 Å². The number of aromatic nitrogens is 4. The van der Waals surface area contributed by atoms with Crippen LogP contribution in [-0.2, 0) is 6.54 Å². The van der Waals surface area contributed by atoms with E-state index in [-0.39, 0.29) is 0 Å². The van der Waals surface area contributed by atoms with Gasteiger partial charge in [-0.1, -0.05) is 0 Å². The number of nitrogens with one attached hydrogen (secondary N) is 1. The molecule has 0 unspecified atom stereocenters. The van der Waals surface area contributed by atoms with Crippen LogP contribution in [0.15, 0.2) is 24.7 Å². The van der Waals surface area contributed by atoms with Gasteiger partial charge >= 0.3 is 0 Å². The Morgan fingerprint density at radius 3 is 2.71 bits per heavy atom. The molecule has 0 amide bonds. The van der Waals surface area contributed by atoms with E-state index >= 15 is 0 Å². The average Bonchev–Trinajstić information content (AvgIpc) is 2.57. The first-order valence-electron chi connectivity index (χ1n) is 8.37. The fourth-order valence-corrected chi connectivity index (χ4v) is 2.94. The number of piperidine rings is 1. The van der Waals surface area contributed by atoms with Crippen LogP contribution in [0, 0.1) is 6.92 Å². The predicted octanol–water partition coefficient (Wildman–Crippen LogP) is 1.72. The van der Waals surface area contributed by atoms with Crippen molar-refractivity contribution in [3.8, 4) is 0 Å². The highest BCUT2D eigenvalue weighted by atomic mass is 15.2. The molecule has 0 spiro atoms. The molecule has 1 aliphatic rings. The van der Waals surface area contributed by atoms with E-state index in [2.05, 4.69) is 30.2 Å². The molecule has 0 atom stereocenters. The van der Waals surface area contributed by atoms with E-state index in [0.29, 0.717) is 6.04 Å². The van der Waals surface area contributed by atoms with Gasteiger partial charge in [-0.05, 0) is 25.8 Å². The second-order valence-corrected chi connectivity index (χ2v) is 6.45. The molecular formula is C17H25N7. The summed E-state index contributed by atoms with van der Waals surface area (Å²) in [6, 6.07) is 4.45. The van der Waals surface area contributed by atoms with E-state index in [0.717, 1.165) is 55.6 Å². The minimum absolute atomic E-state index is 0.457. The van der Waals surface area contributed by atoms with Crippen molar-refractivity contribution in [1.82, 2.24) is 24.8 Å². The highest BCUT2D eigenvalue weighted by Gasteiger charge is 2.20. The molecule has 0 aliphatic carbocycles. The van der Waals surface area contributed by atoms with Crippen molar-refractivity contribution in [1.29, 1.82) is 0 Å². The van der Waals surface area contributed by atoms with Crippen LogP contribution in [0.25, 0.3) is 0 Å². The maximum atomic E-state index is 4.49. The summed E-state index contributed by atoms with van der Waals surface area (Å²) in [6.45, 7) is 4.95. The quantitative estimate of drug-likeness (QED) is 0.896. The summed E-state index contributed by atoms with van der Waals surface area (Å²) in [7, 11) is 3.97. The van der Waals surface area contributed by atoms with Gasteiger partial charge in [-0.25, -0.2) is 19.9 Å². The van der Waals surface area contributed by atoms with Crippen molar-refractivity contribution >= 4 is 11.6 Å². The fourth-order valence-electron chi connectivity index (χ4n) is 2.94. The standard InChI is InChI=1S/C17H25N7/c1-13-18-7-4-15(21-13)11-24-8-5-14(6-9-24)22-16-10-17(23(2)3)20-12-19-16/h4,7,10,12,14H,5-6,8-9,11H2,1-3H3,(H,19,20,22). The normalized spacial score (nSPS) is 16.1. The van der Waals surface area contributed by atoms with Gasteiger partial charge in [-0.2, -0.15) is 0 Å². The van der Waals surface area contributed by atoms with Crippen molar-refractivity contribution in [3.63, 3.8) is 0 Å². The maximum Gasteiger partial charge on any atom is 0.133 e. The van der Waals surface area contributed by atoms with Gasteiger partial charge in [0.25, 0.3) is 0 Å². The van der Waals surface area contributed by atoms with Gasteiger partial charge in [0, 0.05) is 52.0 Å². The summed E-state index contributed by atoms with van der Waals surface area (Å²) >= 11 is 0. The molecular weight excluding hydrogens is 302 g/mol. The molecule has 1 saturated heterocycles. The van der Waals surface area contributed by atoms with Crippen LogP contribution in [0.3, 0.4) is 0 Å². The number of rotatable bonds is 5. The van der Waals surface area contributed by atoms with E-state index < -0.39 is 0 Å². The minimum atomic E-state index is 0.457. The van der Waals surface area contributed by atoms with Crippen LogP contribution in [-0.4, -0.2) is 58.1 Å². The third-order valence-corrected chi connectivity index (χ3v) is 4.27. The first-order valence-corrected chi connectivity index (χ1v) is 8.37. The number of nitrogens with zero attached hydrogens (tertiary/aromatic N) is 6. The lowest BCUT2D eigenvalue weighted by molar-refractivity contribution is 0.209. The Morgan fingerprint density at radius 2 is 2.00 bits per heavy atom. The van der Waals surface area contributed by atoms with E-state index in [1.807, 2.05) is 44.2 Å². The third-order valence-electron chi connectivity index (χ3n) is 4.27. The van der Waals surface area contributed by atoms with Gasteiger partial charge in [0.15, 0.2) is 0 Å². The van der Waals surface area contributed by atoms with Gasteiger partial charge in [0.1, 0.15) is 23.8 Å². The molecule has 128 valence electrons. The molecule has 3 heterocycles. The van der Waals surface area contributed by atoms with E-state index in [4.69, 9.17) is 0 Å². The lowest BCUT2D eigenvalue weighted by Crippen LogP contribution is -2.39. The van der Waals surface area contributed by atoms with Gasteiger partial charge in [0.2, 0.25) is 0 Å². The molecule has 7 heteroatoms. The van der Waals surface area contributed by atoms with Crippen molar-refractivity contribution in [2.45, 2.75) is 32.4 Å². The topological polar surface area (TPSA) is 70.1 Å². The highest BCUT2D eigenvalue weighted by molar-refractivity contribution is 5.47. The molecule has 3 rings (SSSR count). The first-order chi connectivity index (χ1) is 11.6. The van der Waals surface area contributed by atoms with Gasteiger partial charge in [-0.15, -0.1) is 0 Å². The summed E-state index contributed by atoms with van der Waals surface area (Å²) in [5.41, 5.74) is 1.10. The molecule has 7 nitrogen and oxygen atoms in total. The average molecular weight is 327 g/mol. The predicted molar refractivity (Wildman–Crippen MR) is 95.0 cm³/mol. The van der Waals surface area contributed by atoms with Crippen molar-refractivity contribution < 1.29 is 0 Å². The molecule has 2 aromatic rings. The molecule has 1 fully saturated rings. The van der Waals surface area contributed by atoms with Crippen LogP contribution in [0.1, 0.15) is 24.4 Å². The second-order valence-electron chi connectivity index (χ2n) is 6.45. The zero-order valence-corrected chi connectivity index (χ0v) is 14.6. The minimum Gasteiger partial charge on any atom is -0.367 e. The lowest BCUT2D eigenvalue weighted by atomic mass is 10.0. The lowest BCUT2D eigenvalue weighted by Gasteiger charge is -2.32. The molecule has 0 aromatic carbocycles. The molecule has 0 radical (unpaired) electrons. The molecule has 1 N–H and O–H groups in total. The Kier molecular flexibility index (Phi) is 5.20. The zero-order valence-electron chi connectivity index (χ0n) is 14.6. The Bertz CT molecular complexity index is 665. The molecule has 1 aliphatic heterocycles. The fraction of sp³-hybridized carbons (Fsp3) is 0.529. The van der Waals surface area contributed by atoms with E-state index in [9.17, 15) is 0 Å².